The SMILES string of the molecule is COc1ccc([C@@H](C)[NH2+]Cc2cc(=O)oc3cc(C)c(C)cc23)cc1Br. The Morgan fingerprint density at radius 1 is 1.15 bits per heavy atom. The predicted molar refractivity (Wildman–Crippen MR) is 107 cm³/mol. The molecule has 4 nitrogen and oxygen atoms in total. The molecule has 0 aliphatic rings. The van der Waals surface area contributed by atoms with Crippen molar-refractivity contribution in [3.63, 3.8) is 0 Å². The number of quaternary nitrogens is 1. The average molecular weight is 417 g/mol. The summed E-state index contributed by atoms with van der Waals surface area (Å²) in [7, 11) is 1.66. The summed E-state index contributed by atoms with van der Waals surface area (Å²) in [6.07, 6.45) is 0. The maximum absolute atomic E-state index is 11.9. The van der Waals surface area contributed by atoms with Gasteiger partial charge in [0.25, 0.3) is 0 Å². The Morgan fingerprint density at radius 2 is 1.88 bits per heavy atom. The molecule has 0 unspecified atom stereocenters. The molecular weight excluding hydrogens is 394 g/mol. The minimum Gasteiger partial charge on any atom is -0.496 e. The van der Waals surface area contributed by atoms with Crippen LogP contribution in [0.3, 0.4) is 0 Å². The number of ether oxygens (including phenoxy) is 1. The van der Waals surface area contributed by atoms with E-state index >= 15 is 0 Å². The van der Waals surface area contributed by atoms with E-state index in [0.717, 1.165) is 26.7 Å². The second kappa shape index (κ2) is 7.64. The van der Waals surface area contributed by atoms with Gasteiger partial charge in [-0.25, -0.2) is 4.79 Å². The standard InChI is InChI=1S/C21H22BrNO3/c1-12-7-17-16(10-21(24)26-20(17)8-13(12)2)11-23-14(3)15-5-6-19(25-4)18(22)9-15/h5-10,14,23H,11H2,1-4H3/p+1/t14-/m1/s1. The molecule has 1 atom stereocenters. The first-order valence-electron chi connectivity index (χ1n) is 8.59. The van der Waals surface area contributed by atoms with Gasteiger partial charge in [0.2, 0.25) is 0 Å². The van der Waals surface area contributed by atoms with Crippen molar-refractivity contribution in [1.29, 1.82) is 0 Å². The van der Waals surface area contributed by atoms with Gasteiger partial charge >= 0.3 is 5.63 Å². The quantitative estimate of drug-likeness (QED) is 0.639. The third kappa shape index (κ3) is 3.84. The molecule has 3 rings (SSSR count). The summed E-state index contributed by atoms with van der Waals surface area (Å²) in [6, 6.07) is 12.0. The Balaban J connectivity index is 1.86. The summed E-state index contributed by atoms with van der Waals surface area (Å²) >= 11 is 3.54. The van der Waals surface area contributed by atoms with Crippen LogP contribution in [-0.2, 0) is 6.54 Å². The van der Waals surface area contributed by atoms with Gasteiger partial charge in [-0.1, -0.05) is 0 Å². The van der Waals surface area contributed by atoms with Crippen molar-refractivity contribution in [2.75, 3.05) is 7.11 Å². The molecule has 0 bridgehead atoms. The van der Waals surface area contributed by atoms with Gasteiger partial charge in [-0.15, -0.1) is 0 Å². The molecule has 0 fully saturated rings. The molecule has 1 aromatic heterocycles. The van der Waals surface area contributed by atoms with Gasteiger partial charge in [-0.05, 0) is 78.2 Å². The summed E-state index contributed by atoms with van der Waals surface area (Å²) < 4.78 is 11.6. The maximum atomic E-state index is 11.9. The third-order valence-corrected chi connectivity index (χ3v) is 5.46. The topological polar surface area (TPSA) is 56.0 Å². The van der Waals surface area contributed by atoms with Crippen LogP contribution in [0.1, 0.15) is 35.2 Å². The molecule has 0 spiro atoms. The maximum Gasteiger partial charge on any atom is 0.336 e. The number of rotatable bonds is 5. The van der Waals surface area contributed by atoms with E-state index in [1.165, 1.54) is 11.1 Å². The monoisotopic (exact) mass is 416 g/mol. The van der Waals surface area contributed by atoms with E-state index in [1.54, 1.807) is 13.2 Å². The van der Waals surface area contributed by atoms with E-state index in [-0.39, 0.29) is 11.7 Å². The Hall–Kier alpha value is -2.11. The summed E-state index contributed by atoms with van der Waals surface area (Å²) in [4.78, 5) is 11.9. The highest BCUT2D eigenvalue weighted by molar-refractivity contribution is 9.10. The molecule has 0 aliphatic heterocycles. The first-order chi connectivity index (χ1) is 12.4. The molecule has 26 heavy (non-hydrogen) atoms. The van der Waals surface area contributed by atoms with Crippen LogP contribution in [0.5, 0.6) is 5.75 Å². The van der Waals surface area contributed by atoms with Crippen LogP contribution in [-0.4, -0.2) is 7.11 Å². The van der Waals surface area contributed by atoms with Gasteiger partial charge in [-0.2, -0.15) is 0 Å². The third-order valence-electron chi connectivity index (χ3n) is 4.84. The highest BCUT2D eigenvalue weighted by atomic mass is 79.9. The number of halogens is 1. The highest BCUT2D eigenvalue weighted by Gasteiger charge is 2.14. The number of aryl methyl sites for hydroxylation is 2. The number of fused-ring (bicyclic) bond motifs is 1. The second-order valence-electron chi connectivity index (χ2n) is 6.65. The largest absolute Gasteiger partial charge is 0.496 e. The Morgan fingerprint density at radius 3 is 2.58 bits per heavy atom. The van der Waals surface area contributed by atoms with E-state index in [9.17, 15) is 4.79 Å². The van der Waals surface area contributed by atoms with Crippen molar-refractivity contribution in [3.05, 3.63) is 73.5 Å². The van der Waals surface area contributed by atoms with Crippen molar-refractivity contribution in [1.82, 2.24) is 0 Å². The lowest BCUT2D eigenvalue weighted by Gasteiger charge is -2.14. The summed E-state index contributed by atoms with van der Waals surface area (Å²) in [5, 5.41) is 3.23. The van der Waals surface area contributed by atoms with Crippen molar-refractivity contribution in [3.8, 4) is 5.75 Å². The molecule has 0 saturated carbocycles. The van der Waals surface area contributed by atoms with Crippen LogP contribution in [0.25, 0.3) is 11.0 Å². The van der Waals surface area contributed by atoms with E-state index < -0.39 is 0 Å². The van der Waals surface area contributed by atoms with Gasteiger partial charge in [0, 0.05) is 22.6 Å². The zero-order valence-electron chi connectivity index (χ0n) is 15.4. The predicted octanol–water partition coefficient (Wildman–Crippen LogP) is 4.01. The zero-order valence-corrected chi connectivity index (χ0v) is 17.0. The Kier molecular flexibility index (Phi) is 5.49. The van der Waals surface area contributed by atoms with Crippen LogP contribution in [0.15, 0.2) is 50.1 Å². The van der Waals surface area contributed by atoms with Crippen LogP contribution < -0.4 is 15.7 Å². The normalized spacial score (nSPS) is 12.3. The average Bonchev–Trinajstić information content (AvgIpc) is 2.60. The molecule has 2 N–H and O–H groups in total. The lowest BCUT2D eigenvalue weighted by atomic mass is 10.0. The fourth-order valence-corrected chi connectivity index (χ4v) is 3.62. The minimum atomic E-state index is -0.302. The Bertz CT molecular complexity index is 1010. The van der Waals surface area contributed by atoms with Crippen LogP contribution in [0.4, 0.5) is 0 Å². The van der Waals surface area contributed by atoms with Gasteiger partial charge in [0.1, 0.15) is 23.9 Å². The van der Waals surface area contributed by atoms with E-state index in [1.807, 2.05) is 19.1 Å². The molecule has 136 valence electrons. The zero-order chi connectivity index (χ0) is 18.8. The smallest absolute Gasteiger partial charge is 0.336 e. The van der Waals surface area contributed by atoms with Gasteiger partial charge in [0.15, 0.2) is 0 Å². The van der Waals surface area contributed by atoms with Crippen LogP contribution in [0.2, 0.25) is 0 Å². The number of hydrogen-bond acceptors (Lipinski definition) is 3. The molecule has 5 heteroatoms. The molecule has 2 aromatic carbocycles. The molecular formula is C21H23BrNO3+. The van der Waals surface area contributed by atoms with Gasteiger partial charge in [0.05, 0.1) is 11.6 Å². The summed E-state index contributed by atoms with van der Waals surface area (Å²) in [6.45, 7) is 6.95. The second-order valence-corrected chi connectivity index (χ2v) is 7.50. The summed E-state index contributed by atoms with van der Waals surface area (Å²) in [5.41, 5.74) is 4.86. The van der Waals surface area contributed by atoms with E-state index in [4.69, 9.17) is 9.15 Å². The van der Waals surface area contributed by atoms with E-state index in [0.29, 0.717) is 12.1 Å². The van der Waals surface area contributed by atoms with Crippen molar-refractivity contribution >= 4 is 26.9 Å². The number of methoxy groups -OCH3 is 1. The number of benzene rings is 2. The number of nitrogens with two attached hydrogens (primary N) is 1. The van der Waals surface area contributed by atoms with Crippen molar-refractivity contribution < 1.29 is 14.5 Å². The molecule has 0 saturated heterocycles. The van der Waals surface area contributed by atoms with Gasteiger partial charge < -0.3 is 14.5 Å². The number of hydrogen-bond donors (Lipinski definition) is 1. The molecule has 3 aromatic rings. The first-order valence-corrected chi connectivity index (χ1v) is 9.39. The lowest BCUT2D eigenvalue weighted by molar-refractivity contribution is -0.707. The van der Waals surface area contributed by atoms with E-state index in [2.05, 4.69) is 53.3 Å². The van der Waals surface area contributed by atoms with Crippen molar-refractivity contribution in [2.45, 2.75) is 33.4 Å². The van der Waals surface area contributed by atoms with Crippen LogP contribution in [0, 0.1) is 13.8 Å². The highest BCUT2D eigenvalue weighted by Crippen LogP contribution is 2.27. The molecule has 0 amide bonds. The van der Waals surface area contributed by atoms with Crippen LogP contribution >= 0.6 is 15.9 Å². The fourth-order valence-electron chi connectivity index (χ4n) is 3.06. The molecule has 1 heterocycles. The minimum absolute atomic E-state index is 0.242. The Labute approximate surface area is 161 Å². The van der Waals surface area contributed by atoms with Gasteiger partial charge in [-0.3, -0.25) is 0 Å². The lowest BCUT2D eigenvalue weighted by Crippen LogP contribution is -2.83. The summed E-state index contributed by atoms with van der Waals surface area (Å²) in [5.74, 6) is 0.818. The first kappa shape index (κ1) is 18.7. The fraction of sp³-hybridized carbons (Fsp3) is 0.286. The molecule has 0 radical (unpaired) electrons. The molecule has 0 aliphatic carbocycles. The van der Waals surface area contributed by atoms with Crippen molar-refractivity contribution in [2.24, 2.45) is 0 Å².